The van der Waals surface area contributed by atoms with E-state index < -0.39 is 10.8 Å². The van der Waals surface area contributed by atoms with Gasteiger partial charge in [0.1, 0.15) is 5.76 Å². The van der Waals surface area contributed by atoms with E-state index in [1.54, 1.807) is 36.4 Å². The fourth-order valence-electron chi connectivity index (χ4n) is 3.55. The Balaban J connectivity index is 1.35. The predicted molar refractivity (Wildman–Crippen MR) is 136 cm³/mol. The van der Waals surface area contributed by atoms with E-state index in [-0.39, 0.29) is 16.6 Å². The summed E-state index contributed by atoms with van der Waals surface area (Å²) in [5.74, 6) is 0.0251. The van der Waals surface area contributed by atoms with Crippen molar-refractivity contribution in [3.05, 3.63) is 79.5 Å². The molecule has 0 radical (unpaired) electrons. The topological polar surface area (TPSA) is 91.9 Å². The zero-order chi connectivity index (χ0) is 24.4. The highest BCUT2D eigenvalue weighted by atomic mass is 35.5. The molecule has 1 aliphatic rings. The fourth-order valence-corrected chi connectivity index (χ4v) is 4.52. The molecule has 0 unspecified atom stereocenters. The van der Waals surface area contributed by atoms with Crippen LogP contribution in [-0.4, -0.2) is 47.0 Å². The molecule has 8 nitrogen and oxygen atoms in total. The molecule has 1 fully saturated rings. The summed E-state index contributed by atoms with van der Waals surface area (Å²) in [6, 6.07) is 12.7. The van der Waals surface area contributed by atoms with Crippen LogP contribution in [0.15, 0.2) is 52.9 Å². The van der Waals surface area contributed by atoms with Gasteiger partial charge >= 0.3 is 0 Å². The van der Waals surface area contributed by atoms with Crippen molar-refractivity contribution in [2.75, 3.05) is 31.1 Å². The molecule has 0 aliphatic carbocycles. The molecular formula is C22H17Cl3N4O4S. The molecule has 176 valence electrons. The summed E-state index contributed by atoms with van der Waals surface area (Å²) in [5.41, 5.74) is 1.23. The van der Waals surface area contributed by atoms with Crippen LogP contribution in [0.5, 0.6) is 0 Å². The van der Waals surface area contributed by atoms with E-state index in [2.05, 4.69) is 5.32 Å². The van der Waals surface area contributed by atoms with Gasteiger partial charge in [-0.05, 0) is 42.5 Å². The van der Waals surface area contributed by atoms with Crippen LogP contribution in [0.1, 0.15) is 10.6 Å². The van der Waals surface area contributed by atoms with Gasteiger partial charge in [-0.15, -0.1) is 0 Å². The molecule has 3 aromatic rings. The smallest absolute Gasteiger partial charge is 0.293 e. The first kappa shape index (κ1) is 24.3. The van der Waals surface area contributed by atoms with Gasteiger partial charge in [-0.2, -0.15) is 0 Å². The lowest BCUT2D eigenvalue weighted by molar-refractivity contribution is -0.384. The maximum Gasteiger partial charge on any atom is 0.293 e. The number of non-ortho nitro benzene ring substituents is 1. The summed E-state index contributed by atoms with van der Waals surface area (Å²) in [6.07, 6.45) is 0. The van der Waals surface area contributed by atoms with E-state index in [9.17, 15) is 14.9 Å². The third-order valence-corrected chi connectivity index (χ3v) is 6.80. The number of nitro groups is 1. The summed E-state index contributed by atoms with van der Waals surface area (Å²) in [7, 11) is 0. The number of piperazine rings is 1. The van der Waals surface area contributed by atoms with Crippen molar-refractivity contribution in [2.45, 2.75) is 0 Å². The van der Waals surface area contributed by atoms with E-state index in [4.69, 9.17) is 51.4 Å². The normalized spacial score (nSPS) is 13.6. The summed E-state index contributed by atoms with van der Waals surface area (Å²) in [5, 5.41) is 14.9. The predicted octanol–water partition coefficient (Wildman–Crippen LogP) is 5.65. The van der Waals surface area contributed by atoms with Crippen LogP contribution >= 0.6 is 47.0 Å². The van der Waals surface area contributed by atoms with Gasteiger partial charge < -0.3 is 14.2 Å². The first-order valence-corrected chi connectivity index (χ1v) is 11.6. The van der Waals surface area contributed by atoms with Crippen molar-refractivity contribution in [2.24, 2.45) is 0 Å². The highest BCUT2D eigenvalue weighted by molar-refractivity contribution is 7.80. The van der Waals surface area contributed by atoms with Crippen LogP contribution < -0.4 is 10.2 Å². The molecule has 1 amide bonds. The van der Waals surface area contributed by atoms with E-state index in [1.807, 2.05) is 9.80 Å². The Labute approximate surface area is 215 Å². The zero-order valence-electron chi connectivity index (χ0n) is 17.5. The van der Waals surface area contributed by atoms with Gasteiger partial charge in [0.15, 0.2) is 10.9 Å². The number of carbonyl (C=O) groups excluding carboxylic acids is 1. The Morgan fingerprint density at radius 2 is 1.76 bits per heavy atom. The molecule has 2 aromatic carbocycles. The fraction of sp³-hybridized carbons (Fsp3) is 0.182. The second kappa shape index (κ2) is 10.2. The number of nitro benzene ring substituents is 1. The number of nitrogens with one attached hydrogen (secondary N) is 1. The third-order valence-electron chi connectivity index (χ3n) is 5.32. The monoisotopic (exact) mass is 538 g/mol. The van der Waals surface area contributed by atoms with Gasteiger partial charge in [0, 0.05) is 43.9 Å². The van der Waals surface area contributed by atoms with Gasteiger partial charge in [-0.25, -0.2) is 0 Å². The molecule has 34 heavy (non-hydrogen) atoms. The number of amides is 1. The molecule has 0 atom stereocenters. The van der Waals surface area contributed by atoms with Crippen molar-refractivity contribution in [3.8, 4) is 11.3 Å². The lowest BCUT2D eigenvalue weighted by Crippen LogP contribution is -2.52. The lowest BCUT2D eigenvalue weighted by atomic mass is 10.2. The zero-order valence-corrected chi connectivity index (χ0v) is 20.5. The molecule has 1 aliphatic heterocycles. The Kier molecular flexibility index (Phi) is 7.27. The van der Waals surface area contributed by atoms with E-state index in [0.29, 0.717) is 58.3 Å². The third kappa shape index (κ3) is 5.12. The Bertz CT molecular complexity index is 1270. The summed E-state index contributed by atoms with van der Waals surface area (Å²) >= 11 is 23.9. The number of rotatable bonds is 4. The first-order chi connectivity index (χ1) is 16.2. The second-order valence-electron chi connectivity index (χ2n) is 7.39. The maximum absolute atomic E-state index is 12.7. The molecule has 0 bridgehead atoms. The van der Waals surface area contributed by atoms with Crippen molar-refractivity contribution in [3.63, 3.8) is 0 Å². The highest BCUT2D eigenvalue weighted by Gasteiger charge is 2.24. The average Bonchev–Trinajstić information content (AvgIpc) is 3.31. The molecule has 4 rings (SSSR count). The van der Waals surface area contributed by atoms with Crippen LogP contribution in [0.2, 0.25) is 15.1 Å². The minimum atomic E-state index is -0.486. The van der Waals surface area contributed by atoms with Gasteiger partial charge in [-0.1, -0.05) is 40.9 Å². The molecular weight excluding hydrogens is 523 g/mol. The summed E-state index contributed by atoms with van der Waals surface area (Å²) in [6.45, 7) is 2.22. The van der Waals surface area contributed by atoms with Crippen LogP contribution in [0.3, 0.4) is 0 Å². The number of benzene rings is 2. The van der Waals surface area contributed by atoms with E-state index in [1.165, 1.54) is 12.1 Å². The Morgan fingerprint density at radius 3 is 2.44 bits per heavy atom. The minimum Gasteiger partial charge on any atom is -0.451 e. The molecule has 12 heteroatoms. The Morgan fingerprint density at radius 1 is 1.03 bits per heavy atom. The van der Waals surface area contributed by atoms with Crippen molar-refractivity contribution in [1.29, 1.82) is 0 Å². The van der Waals surface area contributed by atoms with Crippen LogP contribution in [0.4, 0.5) is 11.4 Å². The van der Waals surface area contributed by atoms with Gasteiger partial charge in [0.2, 0.25) is 0 Å². The SMILES string of the molecule is O=C(NC(=S)N1CCN(c2ccc([N+](=O)[O-])cc2Cl)CC1)c1ccc(-c2cccc(Cl)c2Cl)o1. The number of halogens is 3. The molecule has 1 N–H and O–H groups in total. The van der Waals surface area contributed by atoms with E-state index in [0.717, 1.165) is 0 Å². The second-order valence-corrected chi connectivity index (χ2v) is 8.97. The number of carbonyl (C=O) groups is 1. The lowest BCUT2D eigenvalue weighted by Gasteiger charge is -2.37. The average molecular weight is 540 g/mol. The number of thiocarbonyl (C=S) groups is 1. The van der Waals surface area contributed by atoms with Gasteiger partial charge in [0.05, 0.1) is 25.7 Å². The van der Waals surface area contributed by atoms with Crippen LogP contribution in [-0.2, 0) is 0 Å². The van der Waals surface area contributed by atoms with Crippen molar-refractivity contribution in [1.82, 2.24) is 10.2 Å². The quantitative estimate of drug-likeness (QED) is 0.260. The molecule has 0 spiro atoms. The number of anilines is 1. The number of nitrogens with zero attached hydrogens (tertiary/aromatic N) is 3. The number of furan rings is 1. The maximum atomic E-state index is 12.7. The van der Waals surface area contributed by atoms with Crippen LogP contribution in [0, 0.1) is 10.1 Å². The number of hydrogen-bond donors (Lipinski definition) is 1. The molecule has 1 saturated heterocycles. The summed E-state index contributed by atoms with van der Waals surface area (Å²) in [4.78, 5) is 27.0. The number of hydrogen-bond acceptors (Lipinski definition) is 6. The standard InChI is InChI=1S/C22H17Cl3N4O4S/c23-15-3-1-2-14(20(15)25)18-6-7-19(33-18)21(30)26-22(34)28-10-8-27(9-11-28)17-5-4-13(29(31)32)12-16(17)24/h1-7,12H,8-11H2,(H,26,30,34). The first-order valence-electron chi connectivity index (χ1n) is 10.1. The van der Waals surface area contributed by atoms with Crippen molar-refractivity contribution < 1.29 is 14.1 Å². The molecule has 0 saturated carbocycles. The largest absolute Gasteiger partial charge is 0.451 e. The van der Waals surface area contributed by atoms with Crippen LogP contribution in [0.25, 0.3) is 11.3 Å². The minimum absolute atomic E-state index is 0.0602. The summed E-state index contributed by atoms with van der Waals surface area (Å²) < 4.78 is 5.67. The Hall–Kier alpha value is -2.85. The van der Waals surface area contributed by atoms with Crippen molar-refractivity contribution >= 4 is 69.4 Å². The van der Waals surface area contributed by atoms with Gasteiger partial charge in [-0.3, -0.25) is 20.2 Å². The van der Waals surface area contributed by atoms with E-state index >= 15 is 0 Å². The molecule has 2 heterocycles. The highest BCUT2D eigenvalue weighted by Crippen LogP contribution is 2.34. The van der Waals surface area contributed by atoms with Gasteiger partial charge in [0.25, 0.3) is 11.6 Å². The molecule has 1 aromatic heterocycles.